The Morgan fingerprint density at radius 3 is 2.23 bits per heavy atom. The van der Waals surface area contributed by atoms with E-state index in [1.54, 1.807) is 20.8 Å². The van der Waals surface area contributed by atoms with Gasteiger partial charge in [0.05, 0.1) is 23.9 Å². The van der Waals surface area contributed by atoms with Gasteiger partial charge in [-0.25, -0.2) is 9.18 Å². The Morgan fingerprint density at radius 1 is 1.19 bits per heavy atom. The van der Waals surface area contributed by atoms with Crippen LogP contribution in [0.3, 0.4) is 0 Å². The van der Waals surface area contributed by atoms with Crippen LogP contribution in [0.5, 0.6) is 0 Å². The van der Waals surface area contributed by atoms with Gasteiger partial charge in [0.2, 0.25) is 0 Å². The van der Waals surface area contributed by atoms with Gasteiger partial charge in [0.15, 0.2) is 0 Å². The third-order valence-electron chi connectivity index (χ3n) is 3.20. The number of ether oxygens (including phenoxy) is 2. The summed E-state index contributed by atoms with van der Waals surface area (Å²) >= 11 is 0. The van der Waals surface area contributed by atoms with Gasteiger partial charge < -0.3 is 14.4 Å². The molecule has 0 unspecified atom stereocenters. The van der Waals surface area contributed by atoms with Crippen LogP contribution in [0.1, 0.15) is 38.1 Å². The van der Waals surface area contributed by atoms with Crippen molar-refractivity contribution in [1.29, 1.82) is 0 Å². The van der Waals surface area contributed by atoms with Gasteiger partial charge in [-0.3, -0.25) is 4.79 Å². The molecule has 0 heterocycles. The lowest BCUT2D eigenvalue weighted by Gasteiger charge is -2.28. The van der Waals surface area contributed by atoms with E-state index in [2.05, 4.69) is 0 Å². The molecule has 1 aromatic rings. The summed E-state index contributed by atoms with van der Waals surface area (Å²) < 4.78 is 62.7. The van der Waals surface area contributed by atoms with E-state index in [9.17, 15) is 27.2 Å². The van der Waals surface area contributed by atoms with Crippen LogP contribution < -0.4 is 4.90 Å². The second-order valence-electron chi connectivity index (χ2n) is 6.62. The first-order chi connectivity index (χ1) is 11.8. The van der Waals surface area contributed by atoms with E-state index in [4.69, 9.17) is 9.47 Å². The Labute approximate surface area is 148 Å². The first-order valence-corrected chi connectivity index (χ1v) is 7.70. The monoisotopic (exact) mass is 379 g/mol. The van der Waals surface area contributed by atoms with E-state index in [0.29, 0.717) is 6.07 Å². The highest BCUT2D eigenvalue weighted by Crippen LogP contribution is 2.29. The number of hydrogen-bond donors (Lipinski definition) is 0. The van der Waals surface area contributed by atoms with Crippen molar-refractivity contribution < 1.29 is 36.6 Å². The van der Waals surface area contributed by atoms with Gasteiger partial charge in [-0.05, 0) is 45.9 Å². The van der Waals surface area contributed by atoms with Gasteiger partial charge in [-0.1, -0.05) is 0 Å². The Balaban J connectivity index is 3.46. The molecule has 0 aliphatic heterocycles. The molecule has 0 saturated carbocycles. The zero-order valence-corrected chi connectivity index (χ0v) is 15.1. The number of alkyl halides is 3. The highest BCUT2D eigenvalue weighted by Gasteiger charge is 2.44. The fourth-order valence-electron chi connectivity index (χ4n) is 2.01. The number of hydrogen-bond acceptors (Lipinski definition) is 4. The van der Waals surface area contributed by atoms with Gasteiger partial charge in [0.1, 0.15) is 11.4 Å². The number of carbonyl (C=O) groups excluding carboxylic acids is 2. The van der Waals surface area contributed by atoms with Crippen LogP contribution in [-0.4, -0.2) is 43.4 Å². The maximum Gasteiger partial charge on any atom is 0.471 e. The molecular formula is C17H21F4NO4. The van der Waals surface area contributed by atoms with Gasteiger partial charge in [0, 0.05) is 7.11 Å². The fraction of sp³-hybridized carbons (Fsp3) is 0.529. The molecule has 9 heteroatoms. The predicted molar refractivity (Wildman–Crippen MR) is 86.4 cm³/mol. The number of anilines is 1. The Morgan fingerprint density at radius 2 is 1.77 bits per heavy atom. The molecule has 0 bridgehead atoms. The van der Waals surface area contributed by atoms with Crippen LogP contribution in [0, 0.1) is 5.82 Å². The maximum absolute atomic E-state index is 13.7. The molecule has 0 saturated heterocycles. The lowest BCUT2D eigenvalue weighted by Crippen LogP contribution is -2.45. The molecule has 1 aromatic carbocycles. The molecular weight excluding hydrogens is 358 g/mol. The van der Waals surface area contributed by atoms with Gasteiger partial charge in [-0.2, -0.15) is 13.2 Å². The number of halogens is 4. The molecule has 0 aliphatic rings. The number of methoxy groups -OCH3 is 1. The standard InChI is InChI=1S/C17H21F4NO4/c1-10(25-5)9-22(15(24)17(19,20)21)13-8-11(18)6-7-12(13)14(23)26-16(2,3)4/h6-8,10H,9H2,1-5H3/t10-/m1/s1. The number of amides is 1. The van der Waals surface area contributed by atoms with E-state index < -0.39 is 47.8 Å². The second-order valence-corrected chi connectivity index (χ2v) is 6.62. The average molecular weight is 379 g/mol. The van der Waals surface area contributed by atoms with Crippen molar-refractivity contribution in [3.8, 4) is 0 Å². The van der Waals surface area contributed by atoms with Crippen LogP contribution in [0.25, 0.3) is 0 Å². The molecule has 0 N–H and O–H groups in total. The Kier molecular flexibility index (Phi) is 6.76. The minimum atomic E-state index is -5.22. The summed E-state index contributed by atoms with van der Waals surface area (Å²) in [5.41, 5.74) is -1.82. The first kappa shape index (κ1) is 21.9. The summed E-state index contributed by atoms with van der Waals surface area (Å²) in [4.78, 5) is 24.5. The number of rotatable bonds is 5. The highest BCUT2D eigenvalue weighted by molar-refractivity contribution is 6.04. The molecule has 0 aliphatic carbocycles. The van der Waals surface area contributed by atoms with E-state index in [1.807, 2.05) is 0 Å². The SMILES string of the molecule is CO[C@H](C)CN(C(=O)C(F)(F)F)c1cc(F)ccc1C(=O)OC(C)(C)C. The Bertz CT molecular complexity index is 668. The predicted octanol–water partition coefficient (Wildman–Crippen LogP) is 3.71. The van der Waals surface area contributed by atoms with E-state index in [-0.39, 0.29) is 10.5 Å². The number of benzene rings is 1. The van der Waals surface area contributed by atoms with Crippen LogP contribution in [0.2, 0.25) is 0 Å². The maximum atomic E-state index is 13.7. The fourth-order valence-corrected chi connectivity index (χ4v) is 2.01. The zero-order valence-electron chi connectivity index (χ0n) is 15.1. The van der Waals surface area contributed by atoms with E-state index >= 15 is 0 Å². The van der Waals surface area contributed by atoms with Crippen LogP contribution in [0.4, 0.5) is 23.2 Å². The smallest absolute Gasteiger partial charge is 0.456 e. The lowest BCUT2D eigenvalue weighted by molar-refractivity contribution is -0.170. The number of carbonyl (C=O) groups is 2. The lowest BCUT2D eigenvalue weighted by atomic mass is 10.1. The van der Waals surface area contributed by atoms with Crippen molar-refractivity contribution in [3.05, 3.63) is 29.6 Å². The largest absolute Gasteiger partial charge is 0.471 e. The van der Waals surface area contributed by atoms with Crippen molar-refractivity contribution in [1.82, 2.24) is 0 Å². The Hall–Kier alpha value is -2.16. The summed E-state index contributed by atoms with van der Waals surface area (Å²) in [7, 11) is 1.25. The average Bonchev–Trinajstić information content (AvgIpc) is 2.48. The summed E-state index contributed by atoms with van der Waals surface area (Å²) in [5, 5.41) is 0. The quantitative estimate of drug-likeness (QED) is 0.578. The van der Waals surface area contributed by atoms with Crippen molar-refractivity contribution in [2.45, 2.75) is 45.6 Å². The summed E-state index contributed by atoms with van der Waals surface area (Å²) in [6, 6.07) is 2.57. The zero-order chi connectivity index (χ0) is 20.3. The van der Waals surface area contributed by atoms with Gasteiger partial charge in [0.25, 0.3) is 0 Å². The van der Waals surface area contributed by atoms with Gasteiger partial charge in [-0.15, -0.1) is 0 Å². The first-order valence-electron chi connectivity index (χ1n) is 7.70. The van der Waals surface area contributed by atoms with Gasteiger partial charge >= 0.3 is 18.1 Å². The van der Waals surface area contributed by atoms with E-state index in [1.165, 1.54) is 14.0 Å². The topological polar surface area (TPSA) is 55.8 Å². The highest BCUT2D eigenvalue weighted by atomic mass is 19.4. The minimum Gasteiger partial charge on any atom is -0.456 e. The molecule has 5 nitrogen and oxygen atoms in total. The molecule has 0 aromatic heterocycles. The van der Waals surface area contributed by atoms with Crippen LogP contribution in [-0.2, 0) is 14.3 Å². The molecule has 1 atom stereocenters. The molecule has 0 radical (unpaired) electrons. The summed E-state index contributed by atoms with van der Waals surface area (Å²) in [5.74, 6) is -4.12. The molecule has 26 heavy (non-hydrogen) atoms. The number of esters is 1. The van der Waals surface area contributed by atoms with Crippen molar-refractivity contribution in [2.24, 2.45) is 0 Å². The molecule has 0 spiro atoms. The third-order valence-corrected chi connectivity index (χ3v) is 3.20. The molecule has 0 fully saturated rings. The normalized spacial score (nSPS) is 13.3. The second kappa shape index (κ2) is 8.03. The van der Waals surface area contributed by atoms with Crippen molar-refractivity contribution >= 4 is 17.6 Å². The summed E-state index contributed by atoms with van der Waals surface area (Å²) in [6.45, 7) is 5.61. The van der Waals surface area contributed by atoms with Crippen molar-refractivity contribution in [3.63, 3.8) is 0 Å². The van der Waals surface area contributed by atoms with Crippen LogP contribution in [0.15, 0.2) is 18.2 Å². The molecule has 1 rings (SSSR count). The molecule has 146 valence electrons. The van der Waals surface area contributed by atoms with Crippen LogP contribution >= 0.6 is 0 Å². The minimum absolute atomic E-state index is 0.274. The number of nitrogens with zero attached hydrogens (tertiary/aromatic N) is 1. The summed E-state index contributed by atoms with van der Waals surface area (Å²) in [6.07, 6.45) is -6.01. The molecule has 1 amide bonds. The van der Waals surface area contributed by atoms with Crippen molar-refractivity contribution in [2.75, 3.05) is 18.6 Å². The van der Waals surface area contributed by atoms with E-state index in [0.717, 1.165) is 12.1 Å². The third kappa shape index (κ3) is 5.98.